The van der Waals surface area contributed by atoms with Crippen molar-refractivity contribution >= 4 is 0 Å². The van der Waals surface area contributed by atoms with E-state index in [0.717, 1.165) is 52.6 Å². The summed E-state index contributed by atoms with van der Waals surface area (Å²) < 4.78 is 11.6. The van der Waals surface area contributed by atoms with Gasteiger partial charge in [-0.25, -0.2) is 0 Å². The molecule has 0 spiro atoms. The highest BCUT2D eigenvalue weighted by atomic mass is 16.5. The lowest BCUT2D eigenvalue weighted by Gasteiger charge is -2.24. The lowest BCUT2D eigenvalue weighted by molar-refractivity contribution is 0.0451. The number of ether oxygens (including phenoxy) is 2. The average Bonchev–Trinajstić information content (AvgIpc) is 3.27. The largest absolute Gasteiger partial charge is 0.392 e. The van der Waals surface area contributed by atoms with Gasteiger partial charge in [0.05, 0.1) is 32.5 Å². The van der Waals surface area contributed by atoms with Gasteiger partial charge >= 0.3 is 0 Å². The van der Waals surface area contributed by atoms with Gasteiger partial charge in [-0.15, -0.1) is 0 Å². The van der Waals surface area contributed by atoms with E-state index in [1.165, 1.54) is 51.9 Å². The van der Waals surface area contributed by atoms with Crippen LogP contribution in [0.15, 0.2) is 0 Å². The first-order chi connectivity index (χ1) is 12.2. The van der Waals surface area contributed by atoms with E-state index < -0.39 is 0 Å². The van der Waals surface area contributed by atoms with Crippen molar-refractivity contribution in [3.63, 3.8) is 0 Å². The van der Waals surface area contributed by atoms with Gasteiger partial charge in [-0.05, 0) is 58.8 Å². The third kappa shape index (κ3) is 9.87. The smallest absolute Gasteiger partial charge is 0.0639 e. The minimum absolute atomic E-state index is 0.311. The quantitative estimate of drug-likeness (QED) is 0.466. The summed E-state index contributed by atoms with van der Waals surface area (Å²) in [5.41, 5.74) is 0. The molecule has 0 aromatic heterocycles. The Morgan fingerprint density at radius 3 is 1.64 bits per heavy atom. The van der Waals surface area contributed by atoms with Gasteiger partial charge in [-0.1, -0.05) is 0 Å². The molecular formula is C19H39N3O3. The zero-order valence-corrected chi connectivity index (χ0v) is 16.2. The van der Waals surface area contributed by atoms with Gasteiger partial charge < -0.3 is 24.4 Å². The summed E-state index contributed by atoms with van der Waals surface area (Å²) in [5, 5.41) is 9.68. The molecule has 6 heteroatoms. The third-order valence-corrected chi connectivity index (χ3v) is 5.13. The van der Waals surface area contributed by atoms with Crippen molar-refractivity contribution in [2.24, 2.45) is 0 Å². The SMILES string of the molecule is CC(O)CN(CCOCCN1CCCC1)CCOCCN1CCCC1. The molecule has 25 heavy (non-hydrogen) atoms. The van der Waals surface area contributed by atoms with E-state index >= 15 is 0 Å². The van der Waals surface area contributed by atoms with Crippen LogP contribution in [0.1, 0.15) is 32.6 Å². The first-order valence-electron chi connectivity index (χ1n) is 10.2. The molecule has 2 aliphatic rings. The maximum Gasteiger partial charge on any atom is 0.0639 e. The van der Waals surface area contributed by atoms with Gasteiger partial charge in [0.15, 0.2) is 0 Å². The highest BCUT2D eigenvalue weighted by molar-refractivity contribution is 4.67. The molecule has 0 saturated carbocycles. The second-order valence-corrected chi connectivity index (χ2v) is 7.47. The summed E-state index contributed by atoms with van der Waals surface area (Å²) in [4.78, 5) is 7.19. The van der Waals surface area contributed by atoms with Crippen LogP contribution in [0.5, 0.6) is 0 Å². The van der Waals surface area contributed by atoms with E-state index in [0.29, 0.717) is 6.54 Å². The molecule has 2 aliphatic heterocycles. The van der Waals surface area contributed by atoms with Gasteiger partial charge in [-0.3, -0.25) is 4.90 Å². The molecular weight excluding hydrogens is 318 g/mol. The summed E-state index contributed by atoms with van der Waals surface area (Å²) >= 11 is 0. The minimum Gasteiger partial charge on any atom is -0.392 e. The summed E-state index contributed by atoms with van der Waals surface area (Å²) in [6.07, 6.45) is 5.02. The fourth-order valence-corrected chi connectivity index (χ4v) is 3.66. The fraction of sp³-hybridized carbons (Fsp3) is 1.00. The van der Waals surface area contributed by atoms with Crippen LogP contribution in [-0.2, 0) is 9.47 Å². The van der Waals surface area contributed by atoms with E-state index in [2.05, 4.69) is 14.7 Å². The molecule has 1 atom stereocenters. The molecule has 1 unspecified atom stereocenters. The topological polar surface area (TPSA) is 48.4 Å². The second-order valence-electron chi connectivity index (χ2n) is 7.47. The Morgan fingerprint density at radius 1 is 0.800 bits per heavy atom. The van der Waals surface area contributed by atoms with Crippen LogP contribution in [0.3, 0.4) is 0 Å². The van der Waals surface area contributed by atoms with Crippen LogP contribution in [0.4, 0.5) is 0 Å². The Kier molecular flexibility index (Phi) is 11.0. The monoisotopic (exact) mass is 357 g/mol. The van der Waals surface area contributed by atoms with Crippen LogP contribution in [0.25, 0.3) is 0 Å². The summed E-state index contributed by atoms with van der Waals surface area (Å²) in [7, 11) is 0. The van der Waals surface area contributed by atoms with Crippen LogP contribution >= 0.6 is 0 Å². The van der Waals surface area contributed by atoms with Crippen molar-refractivity contribution in [3.05, 3.63) is 0 Å². The molecule has 0 aromatic carbocycles. The number of hydrogen-bond acceptors (Lipinski definition) is 6. The Bertz CT molecular complexity index is 293. The van der Waals surface area contributed by atoms with Crippen LogP contribution < -0.4 is 0 Å². The number of likely N-dealkylation sites (tertiary alicyclic amines) is 2. The van der Waals surface area contributed by atoms with Crippen LogP contribution in [0.2, 0.25) is 0 Å². The van der Waals surface area contributed by atoms with Crippen LogP contribution in [0, 0.1) is 0 Å². The first-order valence-corrected chi connectivity index (χ1v) is 10.2. The normalized spacial score (nSPS) is 20.8. The molecule has 0 radical (unpaired) electrons. The Morgan fingerprint density at radius 2 is 1.24 bits per heavy atom. The van der Waals surface area contributed by atoms with Crippen molar-refractivity contribution in [2.75, 3.05) is 85.3 Å². The molecule has 6 nitrogen and oxygen atoms in total. The second kappa shape index (κ2) is 13.0. The standard InChI is InChI=1S/C19H39N3O3/c1-19(23)18-22(12-16-24-14-10-20-6-2-3-7-20)13-17-25-15-11-21-8-4-5-9-21/h19,23H,2-18H2,1H3. The van der Waals surface area contributed by atoms with Gasteiger partial charge in [0.1, 0.15) is 0 Å². The molecule has 0 aliphatic carbocycles. The molecule has 0 amide bonds. The van der Waals surface area contributed by atoms with Crippen molar-refractivity contribution in [2.45, 2.75) is 38.7 Å². The van der Waals surface area contributed by atoms with Crippen molar-refractivity contribution in [1.82, 2.24) is 14.7 Å². The maximum absolute atomic E-state index is 9.68. The number of aliphatic hydroxyl groups excluding tert-OH is 1. The Hall–Kier alpha value is -0.240. The van der Waals surface area contributed by atoms with Crippen LogP contribution in [-0.4, -0.2) is 111 Å². The molecule has 148 valence electrons. The zero-order chi connectivity index (χ0) is 17.7. The molecule has 2 heterocycles. The van der Waals surface area contributed by atoms with Crippen molar-refractivity contribution in [3.8, 4) is 0 Å². The lowest BCUT2D eigenvalue weighted by Crippen LogP contribution is -2.37. The predicted octanol–water partition coefficient (Wildman–Crippen LogP) is 0.894. The molecule has 0 aromatic rings. The highest BCUT2D eigenvalue weighted by Crippen LogP contribution is 2.06. The van der Waals surface area contributed by atoms with Gasteiger partial charge in [0.2, 0.25) is 0 Å². The third-order valence-electron chi connectivity index (χ3n) is 5.13. The molecule has 0 bridgehead atoms. The molecule has 2 rings (SSSR count). The average molecular weight is 358 g/mol. The number of rotatable bonds is 14. The van der Waals surface area contributed by atoms with E-state index in [-0.39, 0.29) is 6.10 Å². The molecule has 1 N–H and O–H groups in total. The van der Waals surface area contributed by atoms with E-state index in [1.807, 2.05) is 6.92 Å². The van der Waals surface area contributed by atoms with Gasteiger partial charge in [0.25, 0.3) is 0 Å². The Labute approximate surface area is 154 Å². The molecule has 2 saturated heterocycles. The number of aliphatic hydroxyl groups is 1. The van der Waals surface area contributed by atoms with E-state index in [4.69, 9.17) is 9.47 Å². The van der Waals surface area contributed by atoms with Gasteiger partial charge in [-0.2, -0.15) is 0 Å². The van der Waals surface area contributed by atoms with Gasteiger partial charge in [0, 0.05) is 32.7 Å². The highest BCUT2D eigenvalue weighted by Gasteiger charge is 2.12. The summed E-state index contributed by atoms with van der Waals surface area (Å²) in [6, 6.07) is 0. The molecule has 2 fully saturated rings. The first kappa shape index (κ1) is 21.1. The van der Waals surface area contributed by atoms with Crippen molar-refractivity contribution in [1.29, 1.82) is 0 Å². The van der Waals surface area contributed by atoms with E-state index in [1.54, 1.807) is 0 Å². The lowest BCUT2D eigenvalue weighted by atomic mass is 10.3. The zero-order valence-electron chi connectivity index (χ0n) is 16.2. The summed E-state index contributed by atoms with van der Waals surface area (Å²) in [5.74, 6) is 0. The summed E-state index contributed by atoms with van der Waals surface area (Å²) in [6.45, 7) is 14.4. The Balaban J connectivity index is 1.47. The van der Waals surface area contributed by atoms with E-state index in [9.17, 15) is 5.11 Å². The minimum atomic E-state index is -0.311. The number of hydrogen-bond donors (Lipinski definition) is 1. The predicted molar refractivity (Wildman–Crippen MR) is 101 cm³/mol. The fourth-order valence-electron chi connectivity index (χ4n) is 3.66. The number of nitrogens with zero attached hydrogens (tertiary/aromatic N) is 3. The van der Waals surface area contributed by atoms with Crippen molar-refractivity contribution < 1.29 is 14.6 Å². The maximum atomic E-state index is 9.68.